The van der Waals surface area contributed by atoms with Crippen molar-refractivity contribution < 1.29 is 50.5 Å². The van der Waals surface area contributed by atoms with Gasteiger partial charge in [-0.1, -0.05) is 67.6 Å². The van der Waals surface area contributed by atoms with E-state index in [-0.39, 0.29) is 35.0 Å². The molecule has 3 aromatic carbocycles. The molecule has 1 aliphatic carbocycles. The second-order valence-corrected chi connectivity index (χ2v) is 12.5. The second kappa shape index (κ2) is 12.1. The first-order valence-corrected chi connectivity index (χ1v) is 15.7. The molecular formula is C32H25F3N2O9S. The molecule has 0 amide bonds. The van der Waals surface area contributed by atoms with E-state index in [1.54, 1.807) is 24.3 Å². The third kappa shape index (κ3) is 5.78. The molecule has 0 bridgehead atoms. The standard InChI is InChI=1S/C32H25F3N2O9S/c1-2-20-14-15-23(30-29(20)43-18-44-30)27-22-10-3-6-13-26(22)47(41,42)36(25-12-5-4-11-24(25)32(33,34)35)28(27)31(38)46-21-9-7-8-19(16-21)17-45-37(39)40/h3-16,22,26H,2,17-18H2,1H3. The number of alkyl halides is 3. The summed E-state index contributed by atoms with van der Waals surface area (Å²) in [4.78, 5) is 29.4. The van der Waals surface area contributed by atoms with Crippen LogP contribution in [0.25, 0.3) is 5.57 Å². The number of para-hydroxylation sites is 1. The Morgan fingerprint density at radius 2 is 1.79 bits per heavy atom. The van der Waals surface area contributed by atoms with Crippen molar-refractivity contribution in [2.75, 3.05) is 11.1 Å². The number of fused-ring (bicyclic) bond motifs is 2. The van der Waals surface area contributed by atoms with Gasteiger partial charge in [-0.3, -0.25) is 0 Å². The normalized spacial score (nSPS) is 19.4. The lowest BCUT2D eigenvalue weighted by Gasteiger charge is -2.41. The summed E-state index contributed by atoms with van der Waals surface area (Å²) in [5.41, 5.74) is -1.55. The van der Waals surface area contributed by atoms with E-state index >= 15 is 0 Å². The summed E-state index contributed by atoms with van der Waals surface area (Å²) < 4.78 is 89.7. The minimum atomic E-state index is -5.01. The predicted octanol–water partition coefficient (Wildman–Crippen LogP) is 5.98. The molecule has 0 spiro atoms. The summed E-state index contributed by atoms with van der Waals surface area (Å²) in [5, 5.41) is 8.28. The number of rotatable bonds is 8. The number of aryl methyl sites for hydroxylation is 1. The van der Waals surface area contributed by atoms with Crippen LogP contribution >= 0.6 is 0 Å². The fraction of sp³-hybridized carbons (Fsp3) is 0.219. The van der Waals surface area contributed by atoms with E-state index in [1.165, 1.54) is 42.5 Å². The third-order valence-electron chi connectivity index (χ3n) is 7.81. The van der Waals surface area contributed by atoms with Gasteiger partial charge in [-0.15, -0.1) is 10.1 Å². The lowest BCUT2D eigenvalue weighted by Crippen LogP contribution is -2.49. The first-order valence-electron chi connectivity index (χ1n) is 14.2. The van der Waals surface area contributed by atoms with Crippen LogP contribution in [0.15, 0.2) is 90.7 Å². The van der Waals surface area contributed by atoms with E-state index < -0.39 is 62.0 Å². The zero-order chi connectivity index (χ0) is 33.5. The number of carbonyl (C=O) groups is 1. The molecule has 3 aromatic rings. The van der Waals surface area contributed by atoms with Crippen LogP contribution in [0.2, 0.25) is 0 Å². The number of nitrogens with zero attached hydrogens (tertiary/aromatic N) is 2. The molecule has 6 rings (SSSR count). The lowest BCUT2D eigenvalue weighted by atomic mass is 9.84. The fourth-order valence-electron chi connectivity index (χ4n) is 5.82. The van der Waals surface area contributed by atoms with E-state index in [2.05, 4.69) is 4.84 Å². The molecular weight excluding hydrogens is 645 g/mol. The van der Waals surface area contributed by atoms with E-state index in [0.717, 1.165) is 23.8 Å². The maximum Gasteiger partial charge on any atom is 0.418 e. The summed E-state index contributed by atoms with van der Waals surface area (Å²) >= 11 is 0. The van der Waals surface area contributed by atoms with E-state index in [1.807, 2.05) is 6.92 Å². The number of carbonyl (C=O) groups excluding carboxylic acids is 1. The smallest absolute Gasteiger partial charge is 0.418 e. The van der Waals surface area contributed by atoms with Crippen molar-refractivity contribution in [3.05, 3.63) is 123 Å². The fourth-order valence-corrected chi connectivity index (χ4v) is 7.81. The van der Waals surface area contributed by atoms with Crippen molar-refractivity contribution in [1.29, 1.82) is 0 Å². The predicted molar refractivity (Wildman–Crippen MR) is 161 cm³/mol. The zero-order valence-electron chi connectivity index (χ0n) is 24.5. The number of hydrogen-bond donors (Lipinski definition) is 0. The Hall–Kier alpha value is -5.31. The minimum absolute atomic E-state index is 0.0321. The van der Waals surface area contributed by atoms with Crippen LogP contribution in [0.3, 0.4) is 0 Å². The van der Waals surface area contributed by atoms with Gasteiger partial charge in [0.1, 0.15) is 23.3 Å². The molecule has 2 aliphatic heterocycles. The Kier molecular flexibility index (Phi) is 8.17. The highest BCUT2D eigenvalue weighted by Gasteiger charge is 2.51. The maximum atomic E-state index is 14.4. The van der Waals surface area contributed by atoms with E-state index in [0.29, 0.717) is 16.5 Å². The van der Waals surface area contributed by atoms with Gasteiger partial charge in [0.2, 0.25) is 16.8 Å². The van der Waals surface area contributed by atoms with Crippen LogP contribution in [0.5, 0.6) is 17.2 Å². The molecule has 47 heavy (non-hydrogen) atoms. The monoisotopic (exact) mass is 670 g/mol. The molecule has 3 aliphatic rings. The number of anilines is 1. The minimum Gasteiger partial charge on any atom is -0.453 e. The Labute approximate surface area is 266 Å². The molecule has 0 N–H and O–H groups in total. The third-order valence-corrected chi connectivity index (χ3v) is 9.84. The molecule has 15 heteroatoms. The molecule has 0 saturated heterocycles. The van der Waals surface area contributed by atoms with Crippen molar-refractivity contribution in [2.45, 2.75) is 31.4 Å². The van der Waals surface area contributed by atoms with Crippen molar-refractivity contribution in [1.82, 2.24) is 0 Å². The van der Waals surface area contributed by atoms with Crippen molar-refractivity contribution in [3.8, 4) is 17.2 Å². The summed E-state index contributed by atoms with van der Waals surface area (Å²) in [6, 6.07) is 12.8. The SMILES string of the molecule is CCc1ccc(C2=C(C(=O)Oc3cccc(CO[N+](=O)[O-])c3)N(c3ccccc3C(F)(F)F)S(=O)(=O)C3C=CC=CC23)c2c1OCO2. The number of allylic oxidation sites excluding steroid dienone is 4. The number of benzene rings is 3. The average molecular weight is 671 g/mol. The number of sulfonamides is 1. The lowest BCUT2D eigenvalue weighted by molar-refractivity contribution is -0.763. The van der Waals surface area contributed by atoms with Gasteiger partial charge in [0.05, 0.1) is 11.3 Å². The second-order valence-electron chi connectivity index (χ2n) is 10.6. The van der Waals surface area contributed by atoms with Gasteiger partial charge in [0.25, 0.3) is 5.09 Å². The van der Waals surface area contributed by atoms with Crippen LogP contribution in [0.4, 0.5) is 18.9 Å². The van der Waals surface area contributed by atoms with Crippen LogP contribution in [-0.4, -0.2) is 31.5 Å². The summed E-state index contributed by atoms with van der Waals surface area (Å²) in [6.45, 7) is 1.23. The van der Waals surface area contributed by atoms with Gasteiger partial charge in [0.15, 0.2) is 11.5 Å². The molecule has 0 fully saturated rings. The molecule has 11 nitrogen and oxygen atoms in total. The molecule has 0 saturated carbocycles. The summed E-state index contributed by atoms with van der Waals surface area (Å²) in [6.07, 6.45) is 1.48. The summed E-state index contributed by atoms with van der Waals surface area (Å²) in [5.74, 6) is -1.95. The highest BCUT2D eigenvalue weighted by atomic mass is 32.2. The van der Waals surface area contributed by atoms with Gasteiger partial charge < -0.3 is 19.0 Å². The average Bonchev–Trinajstić information content (AvgIpc) is 3.54. The Morgan fingerprint density at radius 1 is 1.04 bits per heavy atom. The highest BCUT2D eigenvalue weighted by Crippen LogP contribution is 2.52. The first-order chi connectivity index (χ1) is 22.4. The number of hydrogen-bond acceptors (Lipinski definition) is 9. The molecule has 2 heterocycles. The Balaban J connectivity index is 1.63. The van der Waals surface area contributed by atoms with E-state index in [4.69, 9.17) is 14.2 Å². The zero-order valence-corrected chi connectivity index (χ0v) is 25.3. The Morgan fingerprint density at radius 3 is 2.53 bits per heavy atom. The quantitative estimate of drug-likeness (QED) is 0.123. The molecule has 2 atom stereocenters. The highest BCUT2D eigenvalue weighted by molar-refractivity contribution is 7.94. The topological polar surface area (TPSA) is 135 Å². The van der Waals surface area contributed by atoms with Gasteiger partial charge in [0, 0.05) is 17.1 Å². The van der Waals surface area contributed by atoms with Crippen molar-refractivity contribution >= 4 is 27.3 Å². The maximum absolute atomic E-state index is 14.4. The van der Waals surface area contributed by atoms with Crippen LogP contribution in [-0.2, 0) is 38.9 Å². The molecule has 0 aromatic heterocycles. The molecule has 244 valence electrons. The number of ether oxygens (including phenoxy) is 3. The van der Waals surface area contributed by atoms with Crippen LogP contribution in [0.1, 0.15) is 29.2 Å². The molecule has 0 radical (unpaired) electrons. The van der Waals surface area contributed by atoms with Crippen molar-refractivity contribution in [3.63, 3.8) is 0 Å². The van der Waals surface area contributed by atoms with E-state index in [9.17, 15) is 36.5 Å². The summed E-state index contributed by atoms with van der Waals surface area (Å²) in [7, 11) is -4.77. The van der Waals surface area contributed by atoms with Crippen molar-refractivity contribution in [2.24, 2.45) is 5.92 Å². The number of esters is 1. The van der Waals surface area contributed by atoms with Gasteiger partial charge in [-0.2, -0.15) is 13.2 Å². The van der Waals surface area contributed by atoms with Gasteiger partial charge in [-0.25, -0.2) is 17.5 Å². The number of halogens is 3. The molecule has 2 unspecified atom stereocenters. The van der Waals surface area contributed by atoms with Crippen LogP contribution < -0.4 is 18.5 Å². The first kappa shape index (κ1) is 31.7. The largest absolute Gasteiger partial charge is 0.453 e. The van der Waals surface area contributed by atoms with Crippen LogP contribution in [0, 0.1) is 16.0 Å². The van der Waals surface area contributed by atoms with Gasteiger partial charge in [-0.05, 0) is 41.8 Å². The Bertz CT molecular complexity index is 1970. The van der Waals surface area contributed by atoms with Gasteiger partial charge >= 0.3 is 12.1 Å².